The lowest BCUT2D eigenvalue weighted by Gasteiger charge is -2.24. The maximum atomic E-state index is 13.8. The van der Waals surface area contributed by atoms with Crippen molar-refractivity contribution < 1.29 is 4.39 Å². The molecule has 0 bridgehead atoms. The molecule has 116 valence electrons. The van der Waals surface area contributed by atoms with Gasteiger partial charge in [-0.15, -0.1) is 0 Å². The summed E-state index contributed by atoms with van der Waals surface area (Å²) in [6.07, 6.45) is 3.74. The maximum Gasteiger partial charge on any atom is 0.146 e. The van der Waals surface area contributed by atoms with Crippen molar-refractivity contribution in [1.82, 2.24) is 19.9 Å². The average Bonchev–Trinajstić information content (AvgIpc) is 2.97. The first-order valence-corrected chi connectivity index (χ1v) is 7.54. The minimum atomic E-state index is -0.247. The Morgan fingerprint density at radius 2 is 2.27 bits per heavy atom. The molecule has 0 aromatic carbocycles. The summed E-state index contributed by atoms with van der Waals surface area (Å²) in [4.78, 5) is 15.3. The minimum Gasteiger partial charge on any atom is -0.373 e. The fraction of sp³-hybridized carbons (Fsp3) is 0.438. The number of hydrogen-bond donors (Lipinski definition) is 1. The Bertz CT molecular complexity index is 661. The molecule has 2 aromatic heterocycles. The summed E-state index contributed by atoms with van der Waals surface area (Å²) >= 11 is 0. The molecule has 1 N–H and O–H groups in total. The molecule has 0 unspecified atom stereocenters. The molecular formula is C16H20FN5. The second kappa shape index (κ2) is 6.36. The molecule has 1 atom stereocenters. The van der Waals surface area contributed by atoms with Gasteiger partial charge in [0.2, 0.25) is 0 Å². The summed E-state index contributed by atoms with van der Waals surface area (Å²) in [5, 5.41) is 3.06. The van der Waals surface area contributed by atoms with Crippen LogP contribution < -0.4 is 5.32 Å². The second-order valence-corrected chi connectivity index (χ2v) is 5.54. The highest BCUT2D eigenvalue weighted by Crippen LogP contribution is 2.32. The summed E-state index contributed by atoms with van der Waals surface area (Å²) < 4.78 is 13.8. The van der Waals surface area contributed by atoms with Crippen molar-refractivity contribution in [2.24, 2.45) is 0 Å². The van der Waals surface area contributed by atoms with Crippen LogP contribution in [0.3, 0.4) is 0 Å². The highest BCUT2D eigenvalue weighted by molar-refractivity contribution is 5.36. The Morgan fingerprint density at radius 3 is 3.05 bits per heavy atom. The van der Waals surface area contributed by atoms with E-state index >= 15 is 0 Å². The van der Waals surface area contributed by atoms with E-state index in [1.807, 2.05) is 20.0 Å². The van der Waals surface area contributed by atoms with E-state index in [1.54, 1.807) is 12.3 Å². The molecule has 1 aliphatic rings. The van der Waals surface area contributed by atoms with Gasteiger partial charge in [-0.25, -0.2) is 14.4 Å². The van der Waals surface area contributed by atoms with Gasteiger partial charge in [0.15, 0.2) is 0 Å². The SMILES string of the molecule is CNc1cc([C@H]2CCCN2Cc2ncccc2F)nc(C)n1. The van der Waals surface area contributed by atoms with Gasteiger partial charge in [0.25, 0.3) is 0 Å². The molecular weight excluding hydrogens is 281 g/mol. The smallest absolute Gasteiger partial charge is 0.146 e. The molecule has 2 aromatic rings. The highest BCUT2D eigenvalue weighted by atomic mass is 19.1. The van der Waals surface area contributed by atoms with Gasteiger partial charge in [-0.05, 0) is 38.4 Å². The van der Waals surface area contributed by atoms with Gasteiger partial charge in [-0.1, -0.05) is 0 Å². The van der Waals surface area contributed by atoms with Gasteiger partial charge >= 0.3 is 0 Å². The lowest BCUT2D eigenvalue weighted by Crippen LogP contribution is -2.25. The summed E-state index contributed by atoms with van der Waals surface area (Å²) in [6.45, 7) is 3.33. The van der Waals surface area contributed by atoms with Gasteiger partial charge in [-0.2, -0.15) is 0 Å². The Hall–Kier alpha value is -2.08. The summed E-state index contributed by atoms with van der Waals surface area (Å²) in [6, 6.07) is 5.24. The van der Waals surface area contributed by atoms with Crippen LogP contribution in [0.25, 0.3) is 0 Å². The molecule has 0 amide bonds. The number of anilines is 1. The third-order valence-electron chi connectivity index (χ3n) is 4.01. The van der Waals surface area contributed by atoms with Crippen molar-refractivity contribution >= 4 is 5.82 Å². The second-order valence-electron chi connectivity index (χ2n) is 5.54. The molecule has 1 fully saturated rings. The average molecular weight is 301 g/mol. The molecule has 0 radical (unpaired) electrons. The minimum absolute atomic E-state index is 0.190. The van der Waals surface area contributed by atoms with Gasteiger partial charge < -0.3 is 5.32 Å². The molecule has 3 heterocycles. The van der Waals surface area contributed by atoms with Crippen molar-refractivity contribution in [3.63, 3.8) is 0 Å². The van der Waals surface area contributed by atoms with Gasteiger partial charge in [0, 0.05) is 25.9 Å². The lowest BCUT2D eigenvalue weighted by molar-refractivity contribution is 0.237. The number of likely N-dealkylation sites (tertiary alicyclic amines) is 1. The number of halogens is 1. The quantitative estimate of drug-likeness (QED) is 0.941. The third-order valence-corrected chi connectivity index (χ3v) is 4.01. The molecule has 0 aliphatic carbocycles. The first-order chi connectivity index (χ1) is 10.7. The molecule has 6 heteroatoms. The number of hydrogen-bond acceptors (Lipinski definition) is 5. The van der Waals surface area contributed by atoms with E-state index in [1.165, 1.54) is 6.07 Å². The zero-order valence-electron chi connectivity index (χ0n) is 12.9. The van der Waals surface area contributed by atoms with Crippen LogP contribution in [-0.2, 0) is 6.54 Å². The first-order valence-electron chi connectivity index (χ1n) is 7.54. The molecule has 3 rings (SSSR count). The molecule has 1 saturated heterocycles. The fourth-order valence-electron chi connectivity index (χ4n) is 2.97. The van der Waals surface area contributed by atoms with Crippen LogP contribution in [0.5, 0.6) is 0 Å². The van der Waals surface area contributed by atoms with Gasteiger partial charge in [0.05, 0.1) is 17.4 Å². The Labute approximate surface area is 129 Å². The number of aromatic nitrogens is 3. The normalized spacial score (nSPS) is 18.6. The summed E-state index contributed by atoms with van der Waals surface area (Å²) in [5.41, 5.74) is 1.49. The predicted molar refractivity (Wildman–Crippen MR) is 82.9 cm³/mol. The highest BCUT2D eigenvalue weighted by Gasteiger charge is 2.28. The number of nitrogens with zero attached hydrogens (tertiary/aromatic N) is 4. The fourth-order valence-corrected chi connectivity index (χ4v) is 2.97. The van der Waals surface area contributed by atoms with Crippen LogP contribution in [0.2, 0.25) is 0 Å². The molecule has 22 heavy (non-hydrogen) atoms. The zero-order chi connectivity index (χ0) is 15.5. The van der Waals surface area contributed by atoms with Crippen molar-refractivity contribution in [3.8, 4) is 0 Å². The first kappa shape index (κ1) is 14.8. The van der Waals surface area contributed by atoms with E-state index in [0.717, 1.165) is 36.7 Å². The van der Waals surface area contributed by atoms with Crippen molar-refractivity contribution in [1.29, 1.82) is 0 Å². The Balaban J connectivity index is 1.84. The van der Waals surface area contributed by atoms with Gasteiger partial charge in [0.1, 0.15) is 17.5 Å². The van der Waals surface area contributed by atoms with Crippen LogP contribution in [0.15, 0.2) is 24.4 Å². The Kier molecular flexibility index (Phi) is 4.29. The van der Waals surface area contributed by atoms with E-state index in [-0.39, 0.29) is 11.9 Å². The number of rotatable bonds is 4. The van der Waals surface area contributed by atoms with Crippen molar-refractivity contribution in [3.05, 3.63) is 47.4 Å². The van der Waals surface area contributed by atoms with Crippen molar-refractivity contribution in [2.75, 3.05) is 18.9 Å². The number of pyridine rings is 1. The predicted octanol–water partition coefficient (Wildman–Crippen LogP) is 2.70. The van der Waals surface area contributed by atoms with Crippen LogP contribution >= 0.6 is 0 Å². The lowest BCUT2D eigenvalue weighted by atomic mass is 10.1. The third kappa shape index (κ3) is 3.06. The zero-order valence-corrected chi connectivity index (χ0v) is 12.9. The van der Waals surface area contributed by atoms with E-state index in [0.29, 0.717) is 12.2 Å². The van der Waals surface area contributed by atoms with E-state index in [2.05, 4.69) is 25.2 Å². The molecule has 0 saturated carbocycles. The summed E-state index contributed by atoms with van der Waals surface area (Å²) in [7, 11) is 1.85. The topological polar surface area (TPSA) is 53.9 Å². The molecule has 0 spiro atoms. The van der Waals surface area contributed by atoms with E-state index in [9.17, 15) is 4.39 Å². The largest absolute Gasteiger partial charge is 0.373 e. The van der Waals surface area contributed by atoms with Crippen LogP contribution in [0, 0.1) is 12.7 Å². The van der Waals surface area contributed by atoms with E-state index in [4.69, 9.17) is 0 Å². The van der Waals surface area contributed by atoms with Crippen LogP contribution in [0.4, 0.5) is 10.2 Å². The molecule has 1 aliphatic heterocycles. The van der Waals surface area contributed by atoms with E-state index < -0.39 is 0 Å². The van der Waals surface area contributed by atoms with Crippen LogP contribution in [-0.4, -0.2) is 33.4 Å². The number of aryl methyl sites for hydroxylation is 1. The monoisotopic (exact) mass is 301 g/mol. The maximum absolute atomic E-state index is 13.8. The Morgan fingerprint density at radius 1 is 1.41 bits per heavy atom. The van der Waals surface area contributed by atoms with Crippen molar-refractivity contribution in [2.45, 2.75) is 32.4 Å². The number of nitrogens with one attached hydrogen (secondary N) is 1. The standard InChI is InChI=1S/C16H20FN5/c1-11-20-13(9-16(18-2)21-11)15-6-4-8-22(15)10-14-12(17)5-3-7-19-14/h3,5,7,9,15H,4,6,8,10H2,1-2H3,(H,18,20,21)/t15-/m1/s1. The molecule has 5 nitrogen and oxygen atoms in total. The summed E-state index contributed by atoms with van der Waals surface area (Å²) in [5.74, 6) is 1.32. The van der Waals surface area contributed by atoms with Gasteiger partial charge in [-0.3, -0.25) is 9.88 Å². The van der Waals surface area contributed by atoms with Crippen LogP contribution in [0.1, 0.15) is 36.1 Å².